The number of aromatic nitrogens is 2. The lowest BCUT2D eigenvalue weighted by Crippen LogP contribution is -2.33. The molecular weight excluding hydrogens is 381 g/mol. The molecule has 6 nitrogen and oxygen atoms in total. The number of aliphatic imine (C=N–C) groups is 1. The minimum atomic E-state index is 0. The molecule has 1 aromatic heterocycles. The third kappa shape index (κ3) is 6.19. The Kier molecular flexibility index (Phi) is 7.98. The number of hydrogen-bond acceptors (Lipinski definition) is 4. The van der Waals surface area contributed by atoms with Crippen LogP contribution in [0.15, 0.2) is 9.52 Å². The van der Waals surface area contributed by atoms with Crippen LogP contribution in [0.2, 0.25) is 0 Å². The van der Waals surface area contributed by atoms with Gasteiger partial charge in [0.15, 0.2) is 11.8 Å². The summed E-state index contributed by atoms with van der Waals surface area (Å²) in [6.45, 7) is 5.74. The van der Waals surface area contributed by atoms with Gasteiger partial charge in [0.05, 0.1) is 0 Å². The number of rotatable bonds is 7. The van der Waals surface area contributed by atoms with Crippen LogP contribution in [0, 0.1) is 5.92 Å². The first-order chi connectivity index (χ1) is 9.65. The lowest BCUT2D eigenvalue weighted by Gasteiger charge is -2.23. The highest BCUT2D eigenvalue weighted by atomic mass is 127. The Morgan fingerprint density at radius 1 is 1.48 bits per heavy atom. The van der Waals surface area contributed by atoms with E-state index in [4.69, 9.17) is 10.3 Å². The zero-order chi connectivity index (χ0) is 14.4. The minimum absolute atomic E-state index is 0. The molecule has 0 unspecified atom stereocenters. The Balaban J connectivity index is 0.00000220. The van der Waals surface area contributed by atoms with E-state index in [1.807, 2.05) is 0 Å². The molecule has 0 saturated heterocycles. The molecule has 3 N–H and O–H groups in total. The highest BCUT2D eigenvalue weighted by Crippen LogP contribution is 2.26. The topological polar surface area (TPSA) is 89.3 Å². The van der Waals surface area contributed by atoms with Crippen molar-refractivity contribution in [3.8, 4) is 0 Å². The Labute approximate surface area is 143 Å². The third-order valence-corrected chi connectivity index (χ3v) is 3.62. The van der Waals surface area contributed by atoms with Gasteiger partial charge in [0, 0.05) is 25.4 Å². The number of aryl methyl sites for hydroxylation is 1. The summed E-state index contributed by atoms with van der Waals surface area (Å²) in [5, 5.41) is 7.06. The van der Waals surface area contributed by atoms with E-state index in [1.165, 1.54) is 19.3 Å². The molecule has 0 amide bonds. The van der Waals surface area contributed by atoms with Gasteiger partial charge < -0.3 is 15.6 Å². The second-order valence-electron chi connectivity index (χ2n) is 5.75. The van der Waals surface area contributed by atoms with Crippen molar-refractivity contribution in [3.05, 3.63) is 11.7 Å². The van der Waals surface area contributed by atoms with Gasteiger partial charge in [0.1, 0.15) is 0 Å². The van der Waals surface area contributed by atoms with E-state index < -0.39 is 0 Å². The van der Waals surface area contributed by atoms with Crippen LogP contribution in [-0.4, -0.2) is 29.2 Å². The Morgan fingerprint density at radius 2 is 2.24 bits per heavy atom. The fraction of sp³-hybridized carbons (Fsp3) is 0.786. The van der Waals surface area contributed by atoms with Gasteiger partial charge in [0.2, 0.25) is 5.89 Å². The quantitative estimate of drug-likeness (QED) is 0.314. The van der Waals surface area contributed by atoms with Crippen molar-refractivity contribution in [1.29, 1.82) is 0 Å². The molecule has 1 aliphatic carbocycles. The number of nitrogens with one attached hydrogen (secondary N) is 1. The molecular formula is C14H26IN5O. The van der Waals surface area contributed by atoms with Gasteiger partial charge >= 0.3 is 0 Å². The van der Waals surface area contributed by atoms with Gasteiger partial charge in [-0.15, -0.1) is 24.0 Å². The van der Waals surface area contributed by atoms with Crippen LogP contribution in [0.5, 0.6) is 0 Å². The van der Waals surface area contributed by atoms with Crippen molar-refractivity contribution in [2.24, 2.45) is 16.6 Å². The standard InChI is InChI=1S/C14H25N5O.HI/c1-10(2)13-18-12(20-19-13)7-4-8-16-14(15)17-9-11-5-3-6-11;/h10-11H,3-9H2,1-2H3,(H3,15,16,17);1H. The largest absolute Gasteiger partial charge is 0.370 e. The summed E-state index contributed by atoms with van der Waals surface area (Å²) in [4.78, 5) is 8.69. The van der Waals surface area contributed by atoms with Crippen LogP contribution in [0.1, 0.15) is 57.2 Å². The number of nitrogens with zero attached hydrogens (tertiary/aromatic N) is 3. The van der Waals surface area contributed by atoms with Crippen molar-refractivity contribution >= 4 is 29.9 Å². The highest BCUT2D eigenvalue weighted by molar-refractivity contribution is 14.0. The molecule has 21 heavy (non-hydrogen) atoms. The summed E-state index contributed by atoms with van der Waals surface area (Å²) >= 11 is 0. The molecule has 0 radical (unpaired) electrons. The number of guanidine groups is 1. The first-order valence-electron chi connectivity index (χ1n) is 7.51. The summed E-state index contributed by atoms with van der Waals surface area (Å²) in [6.07, 6.45) is 5.61. The minimum Gasteiger partial charge on any atom is -0.370 e. The molecule has 0 spiro atoms. The molecule has 1 aromatic rings. The fourth-order valence-corrected chi connectivity index (χ4v) is 2.02. The first-order valence-corrected chi connectivity index (χ1v) is 7.51. The number of halogens is 1. The van der Waals surface area contributed by atoms with Crippen LogP contribution < -0.4 is 11.1 Å². The summed E-state index contributed by atoms with van der Waals surface area (Å²) in [5.74, 6) is 3.07. The molecule has 1 heterocycles. The average Bonchev–Trinajstić information content (AvgIpc) is 2.81. The lowest BCUT2D eigenvalue weighted by molar-refractivity contribution is 0.326. The van der Waals surface area contributed by atoms with Gasteiger partial charge in [0.25, 0.3) is 0 Å². The van der Waals surface area contributed by atoms with Gasteiger partial charge in [-0.25, -0.2) is 0 Å². The zero-order valence-electron chi connectivity index (χ0n) is 12.8. The maximum atomic E-state index is 5.81. The second-order valence-corrected chi connectivity index (χ2v) is 5.75. The van der Waals surface area contributed by atoms with Gasteiger partial charge in [-0.05, 0) is 25.2 Å². The molecule has 7 heteroatoms. The van der Waals surface area contributed by atoms with Crippen LogP contribution in [0.3, 0.4) is 0 Å². The van der Waals surface area contributed by atoms with Crippen molar-refractivity contribution in [3.63, 3.8) is 0 Å². The van der Waals surface area contributed by atoms with Crippen molar-refractivity contribution in [2.45, 2.75) is 51.9 Å². The molecule has 1 saturated carbocycles. The first kappa shape index (κ1) is 18.2. The van der Waals surface area contributed by atoms with Crippen LogP contribution in [-0.2, 0) is 6.42 Å². The van der Waals surface area contributed by atoms with Crippen LogP contribution in [0.4, 0.5) is 0 Å². The highest BCUT2D eigenvalue weighted by Gasteiger charge is 2.16. The SMILES string of the molecule is CC(C)c1noc(CCCNC(N)=NCC2CCC2)n1.I. The van der Waals surface area contributed by atoms with Crippen molar-refractivity contribution in [2.75, 3.05) is 13.1 Å². The monoisotopic (exact) mass is 407 g/mol. The normalized spacial score (nSPS) is 15.7. The number of hydrogen-bond donors (Lipinski definition) is 2. The summed E-state index contributed by atoms with van der Waals surface area (Å²) < 4.78 is 5.18. The Morgan fingerprint density at radius 3 is 2.81 bits per heavy atom. The maximum absolute atomic E-state index is 5.81. The van der Waals surface area contributed by atoms with E-state index in [0.29, 0.717) is 17.8 Å². The zero-order valence-corrected chi connectivity index (χ0v) is 15.2. The van der Waals surface area contributed by atoms with Gasteiger partial charge in [-0.1, -0.05) is 25.4 Å². The Hall–Kier alpha value is -0.860. The molecule has 1 fully saturated rings. The van der Waals surface area contributed by atoms with E-state index in [0.717, 1.165) is 37.7 Å². The fourth-order valence-electron chi connectivity index (χ4n) is 2.02. The molecule has 120 valence electrons. The van der Waals surface area contributed by atoms with Crippen molar-refractivity contribution < 1.29 is 4.52 Å². The maximum Gasteiger partial charge on any atom is 0.226 e. The van der Waals surface area contributed by atoms with E-state index >= 15 is 0 Å². The van der Waals surface area contributed by atoms with Gasteiger partial charge in [-0.2, -0.15) is 4.98 Å². The molecule has 0 atom stereocenters. The summed E-state index contributed by atoms with van der Waals surface area (Å²) in [6, 6.07) is 0. The second kappa shape index (κ2) is 9.22. The number of nitrogens with two attached hydrogens (primary N) is 1. The smallest absolute Gasteiger partial charge is 0.226 e. The van der Waals surface area contributed by atoms with E-state index in [1.54, 1.807) is 0 Å². The predicted molar refractivity (Wildman–Crippen MR) is 94.0 cm³/mol. The Bertz CT molecular complexity index is 442. The average molecular weight is 407 g/mol. The van der Waals surface area contributed by atoms with Crippen LogP contribution >= 0.6 is 24.0 Å². The van der Waals surface area contributed by atoms with E-state index in [-0.39, 0.29) is 24.0 Å². The molecule has 0 bridgehead atoms. The van der Waals surface area contributed by atoms with E-state index in [2.05, 4.69) is 34.3 Å². The lowest BCUT2D eigenvalue weighted by atomic mass is 9.86. The summed E-state index contributed by atoms with van der Waals surface area (Å²) in [7, 11) is 0. The third-order valence-electron chi connectivity index (χ3n) is 3.62. The van der Waals surface area contributed by atoms with Gasteiger partial charge in [-0.3, -0.25) is 4.99 Å². The molecule has 0 aliphatic heterocycles. The predicted octanol–water partition coefficient (Wildman–Crippen LogP) is 2.45. The summed E-state index contributed by atoms with van der Waals surface area (Å²) in [5.41, 5.74) is 5.81. The van der Waals surface area contributed by atoms with Crippen LogP contribution in [0.25, 0.3) is 0 Å². The molecule has 0 aromatic carbocycles. The van der Waals surface area contributed by atoms with E-state index in [9.17, 15) is 0 Å². The molecule has 2 rings (SSSR count). The molecule has 1 aliphatic rings. The van der Waals surface area contributed by atoms with Crippen molar-refractivity contribution in [1.82, 2.24) is 15.5 Å².